The quantitative estimate of drug-likeness (QED) is 0.917. The minimum Gasteiger partial charge on any atom is -0.497 e. The Hall–Kier alpha value is -3.02. The molecule has 0 saturated carbocycles. The Morgan fingerprint density at radius 2 is 1.69 bits per heavy atom. The number of nitrogens with zero attached hydrogens (tertiary/aromatic N) is 1. The summed E-state index contributed by atoms with van der Waals surface area (Å²) in [4.78, 5) is 26.0. The number of anilines is 1. The third-order valence-electron chi connectivity index (χ3n) is 4.54. The van der Waals surface area contributed by atoms with E-state index < -0.39 is 0 Å². The number of ether oxygens (including phenoxy) is 2. The number of fused-ring (bicyclic) bond motifs is 1. The molecule has 2 aromatic rings. The van der Waals surface area contributed by atoms with Gasteiger partial charge in [0.2, 0.25) is 5.91 Å². The summed E-state index contributed by atoms with van der Waals surface area (Å²) in [5, 5.41) is 2.90. The van der Waals surface area contributed by atoms with Gasteiger partial charge >= 0.3 is 0 Å². The Morgan fingerprint density at radius 3 is 2.31 bits per heavy atom. The highest BCUT2D eigenvalue weighted by molar-refractivity contribution is 6.04. The van der Waals surface area contributed by atoms with Crippen molar-refractivity contribution in [3.63, 3.8) is 0 Å². The van der Waals surface area contributed by atoms with Crippen molar-refractivity contribution in [3.8, 4) is 11.5 Å². The Bertz CT molecular complexity index is 825. The predicted molar refractivity (Wildman–Crippen MR) is 98.7 cm³/mol. The number of carbonyl (C=O) groups is 2. The summed E-state index contributed by atoms with van der Waals surface area (Å²) in [6.07, 6.45) is 0.830. The molecule has 0 bridgehead atoms. The van der Waals surface area contributed by atoms with E-state index in [2.05, 4.69) is 5.32 Å². The fourth-order valence-corrected chi connectivity index (χ4v) is 3.05. The second kappa shape index (κ2) is 7.47. The van der Waals surface area contributed by atoms with Crippen molar-refractivity contribution in [2.45, 2.75) is 19.9 Å². The molecule has 136 valence electrons. The largest absolute Gasteiger partial charge is 0.497 e. The summed E-state index contributed by atoms with van der Waals surface area (Å²) in [6, 6.07) is 10.9. The topological polar surface area (TPSA) is 67.9 Å². The standard InChI is InChI=1S/C20H22N2O4/c1-13(23)22-7-6-14-4-5-17(8-16(14)12-22)21-20(24)15-9-18(25-2)11-19(10-15)26-3/h4-5,8-11H,6-7,12H2,1-3H3,(H,21,24). The SMILES string of the molecule is COc1cc(OC)cc(C(=O)Nc2ccc3c(c2)CN(C(C)=O)CC3)c1. The van der Waals surface area contributed by atoms with Gasteiger partial charge in [0.1, 0.15) is 11.5 Å². The van der Waals surface area contributed by atoms with E-state index in [4.69, 9.17) is 9.47 Å². The molecule has 0 fully saturated rings. The third kappa shape index (κ3) is 3.79. The summed E-state index contributed by atoms with van der Waals surface area (Å²) in [6.45, 7) is 2.88. The van der Waals surface area contributed by atoms with Gasteiger partial charge in [0.25, 0.3) is 5.91 Å². The van der Waals surface area contributed by atoms with Crippen molar-refractivity contribution < 1.29 is 19.1 Å². The first-order valence-corrected chi connectivity index (χ1v) is 8.42. The van der Waals surface area contributed by atoms with Crippen molar-refractivity contribution in [2.75, 3.05) is 26.1 Å². The molecule has 6 nitrogen and oxygen atoms in total. The van der Waals surface area contributed by atoms with Crippen molar-refractivity contribution in [2.24, 2.45) is 0 Å². The molecule has 1 heterocycles. The maximum Gasteiger partial charge on any atom is 0.255 e. The van der Waals surface area contributed by atoms with Crippen LogP contribution in [-0.2, 0) is 17.8 Å². The van der Waals surface area contributed by atoms with Gasteiger partial charge in [-0.2, -0.15) is 0 Å². The van der Waals surface area contributed by atoms with Gasteiger partial charge in [-0.3, -0.25) is 9.59 Å². The number of methoxy groups -OCH3 is 2. The van der Waals surface area contributed by atoms with Crippen LogP contribution in [0.3, 0.4) is 0 Å². The lowest BCUT2D eigenvalue weighted by Crippen LogP contribution is -2.34. The van der Waals surface area contributed by atoms with Crippen molar-refractivity contribution in [1.29, 1.82) is 0 Å². The molecule has 0 atom stereocenters. The molecule has 0 aromatic heterocycles. The minimum absolute atomic E-state index is 0.0635. The van der Waals surface area contributed by atoms with Gasteiger partial charge in [-0.25, -0.2) is 0 Å². The number of benzene rings is 2. The summed E-state index contributed by atoms with van der Waals surface area (Å²) in [5.74, 6) is 0.920. The van der Waals surface area contributed by atoms with Crippen LogP contribution >= 0.6 is 0 Å². The molecule has 0 unspecified atom stereocenters. The third-order valence-corrected chi connectivity index (χ3v) is 4.54. The Morgan fingerprint density at radius 1 is 1.00 bits per heavy atom. The van der Waals surface area contributed by atoms with E-state index in [0.717, 1.165) is 18.5 Å². The fourth-order valence-electron chi connectivity index (χ4n) is 3.05. The average Bonchev–Trinajstić information content (AvgIpc) is 2.66. The highest BCUT2D eigenvalue weighted by Crippen LogP contribution is 2.25. The zero-order valence-corrected chi connectivity index (χ0v) is 15.2. The summed E-state index contributed by atoms with van der Waals surface area (Å²) < 4.78 is 10.4. The first-order valence-electron chi connectivity index (χ1n) is 8.42. The maximum absolute atomic E-state index is 12.6. The molecular weight excluding hydrogens is 332 g/mol. The van der Waals surface area contributed by atoms with Crippen LogP contribution in [0, 0.1) is 0 Å². The van der Waals surface area contributed by atoms with E-state index in [0.29, 0.717) is 29.3 Å². The second-order valence-electron chi connectivity index (χ2n) is 6.23. The first-order chi connectivity index (χ1) is 12.5. The molecule has 0 spiro atoms. The highest BCUT2D eigenvalue weighted by atomic mass is 16.5. The van der Waals surface area contributed by atoms with Crippen LogP contribution in [0.1, 0.15) is 28.4 Å². The van der Waals surface area contributed by atoms with Crippen LogP contribution in [0.15, 0.2) is 36.4 Å². The van der Waals surface area contributed by atoms with Gasteiger partial charge in [0, 0.05) is 37.3 Å². The molecular formula is C20H22N2O4. The summed E-state index contributed by atoms with van der Waals surface area (Å²) >= 11 is 0. The van der Waals surface area contributed by atoms with Crippen LogP contribution in [0.5, 0.6) is 11.5 Å². The zero-order chi connectivity index (χ0) is 18.7. The van der Waals surface area contributed by atoms with E-state index in [-0.39, 0.29) is 11.8 Å². The molecule has 0 saturated heterocycles. The van der Waals surface area contributed by atoms with Gasteiger partial charge in [-0.05, 0) is 41.8 Å². The molecule has 2 aromatic carbocycles. The van der Waals surface area contributed by atoms with Gasteiger partial charge < -0.3 is 19.7 Å². The van der Waals surface area contributed by atoms with Crippen molar-refractivity contribution in [1.82, 2.24) is 4.90 Å². The van der Waals surface area contributed by atoms with E-state index >= 15 is 0 Å². The van der Waals surface area contributed by atoms with Crippen molar-refractivity contribution in [3.05, 3.63) is 53.1 Å². The summed E-state index contributed by atoms with van der Waals surface area (Å²) in [5.41, 5.74) is 3.42. The number of rotatable bonds is 4. The van der Waals surface area contributed by atoms with E-state index in [1.165, 1.54) is 5.56 Å². The van der Waals surface area contributed by atoms with Crippen LogP contribution in [0.2, 0.25) is 0 Å². The fraction of sp³-hybridized carbons (Fsp3) is 0.300. The molecule has 1 aliphatic heterocycles. The number of amides is 2. The molecule has 0 radical (unpaired) electrons. The summed E-state index contributed by atoms with van der Waals surface area (Å²) in [7, 11) is 3.08. The molecule has 6 heteroatoms. The lowest BCUT2D eigenvalue weighted by Gasteiger charge is -2.28. The number of carbonyl (C=O) groups excluding carboxylic acids is 2. The first kappa shape index (κ1) is 17.8. The number of hydrogen-bond acceptors (Lipinski definition) is 4. The zero-order valence-electron chi connectivity index (χ0n) is 15.2. The smallest absolute Gasteiger partial charge is 0.255 e. The number of nitrogens with one attached hydrogen (secondary N) is 1. The van der Waals surface area contributed by atoms with Crippen LogP contribution in [-0.4, -0.2) is 37.5 Å². The molecule has 26 heavy (non-hydrogen) atoms. The van der Waals surface area contributed by atoms with Crippen LogP contribution in [0.25, 0.3) is 0 Å². The highest BCUT2D eigenvalue weighted by Gasteiger charge is 2.19. The monoisotopic (exact) mass is 354 g/mol. The normalized spacial score (nSPS) is 13.0. The lowest BCUT2D eigenvalue weighted by molar-refractivity contribution is -0.129. The predicted octanol–water partition coefficient (Wildman–Crippen LogP) is 2.86. The molecule has 1 aliphatic rings. The van der Waals surface area contributed by atoms with E-state index in [1.54, 1.807) is 44.2 Å². The minimum atomic E-state index is -0.249. The number of hydrogen-bond donors (Lipinski definition) is 1. The Labute approximate surface area is 152 Å². The van der Waals surface area contributed by atoms with E-state index in [1.807, 2.05) is 18.2 Å². The van der Waals surface area contributed by atoms with Crippen molar-refractivity contribution >= 4 is 17.5 Å². The van der Waals surface area contributed by atoms with Gasteiger partial charge in [0.15, 0.2) is 0 Å². The second-order valence-corrected chi connectivity index (χ2v) is 6.23. The van der Waals surface area contributed by atoms with Crippen LogP contribution < -0.4 is 14.8 Å². The Balaban J connectivity index is 1.80. The molecule has 0 aliphatic carbocycles. The average molecular weight is 354 g/mol. The Kier molecular flexibility index (Phi) is 5.11. The van der Waals surface area contributed by atoms with Gasteiger partial charge in [-0.15, -0.1) is 0 Å². The van der Waals surface area contributed by atoms with Crippen LogP contribution in [0.4, 0.5) is 5.69 Å². The molecule has 3 rings (SSSR count). The van der Waals surface area contributed by atoms with Gasteiger partial charge in [0.05, 0.1) is 14.2 Å². The van der Waals surface area contributed by atoms with E-state index in [9.17, 15) is 9.59 Å². The lowest BCUT2D eigenvalue weighted by atomic mass is 9.99. The molecule has 2 amide bonds. The van der Waals surface area contributed by atoms with Gasteiger partial charge in [-0.1, -0.05) is 6.07 Å². The molecule has 1 N–H and O–H groups in total. The maximum atomic E-state index is 12.6.